The number of ether oxygens (including phenoxy) is 3. The molecule has 5 rings (SSSR count). The van der Waals surface area contributed by atoms with E-state index in [0.717, 1.165) is 17.1 Å². The van der Waals surface area contributed by atoms with Crippen LogP contribution in [0, 0.1) is 5.92 Å². The molecule has 1 unspecified atom stereocenters. The van der Waals surface area contributed by atoms with Crippen molar-refractivity contribution >= 4 is 56.9 Å². The lowest BCUT2D eigenvalue weighted by atomic mass is 10.0. The predicted octanol–water partition coefficient (Wildman–Crippen LogP) is 4.90. The number of rotatable bonds is 12. The zero-order chi connectivity index (χ0) is 32.3. The average Bonchev–Trinajstić information content (AvgIpc) is 3.72. The van der Waals surface area contributed by atoms with Crippen LogP contribution in [0.5, 0.6) is 11.5 Å². The number of halogens is 2. The summed E-state index contributed by atoms with van der Waals surface area (Å²) in [5.41, 5.74) is 1.37. The molecule has 2 atom stereocenters. The van der Waals surface area contributed by atoms with Crippen molar-refractivity contribution < 1.29 is 37.2 Å². The number of nitrogens with one attached hydrogen (secondary N) is 1. The molecule has 1 aromatic heterocycles. The number of carbonyl (C=O) groups is 2. The number of benzene rings is 2. The second-order valence-electron chi connectivity index (χ2n) is 11.0. The van der Waals surface area contributed by atoms with Gasteiger partial charge >= 0.3 is 5.97 Å². The first kappa shape index (κ1) is 33.3. The summed E-state index contributed by atoms with van der Waals surface area (Å²) in [6.07, 6.45) is 4.60. The van der Waals surface area contributed by atoms with E-state index in [-0.39, 0.29) is 29.3 Å². The van der Waals surface area contributed by atoms with Crippen molar-refractivity contribution in [1.29, 1.82) is 0 Å². The van der Waals surface area contributed by atoms with Gasteiger partial charge in [0.25, 0.3) is 5.91 Å². The molecule has 3 aromatic rings. The summed E-state index contributed by atoms with van der Waals surface area (Å²) < 4.78 is 46.4. The van der Waals surface area contributed by atoms with Crippen molar-refractivity contribution in [2.75, 3.05) is 40.1 Å². The molecule has 0 bridgehead atoms. The Bertz CT molecular complexity index is 1670. The molecule has 1 N–H and O–H groups in total. The quantitative estimate of drug-likeness (QED) is 0.246. The number of hydrogen-bond acceptors (Lipinski definition) is 8. The van der Waals surface area contributed by atoms with Crippen LogP contribution in [-0.4, -0.2) is 75.0 Å². The fourth-order valence-electron chi connectivity index (χ4n) is 4.85. The minimum Gasteiger partial charge on any atom is -0.493 e. The summed E-state index contributed by atoms with van der Waals surface area (Å²) in [6.45, 7) is 0.639. The highest BCUT2D eigenvalue weighted by molar-refractivity contribution is 8.02. The molecule has 2 aliphatic rings. The maximum absolute atomic E-state index is 13.8. The Morgan fingerprint density at radius 2 is 1.82 bits per heavy atom. The van der Waals surface area contributed by atoms with Crippen molar-refractivity contribution in [3.8, 4) is 11.5 Å². The van der Waals surface area contributed by atoms with E-state index in [9.17, 15) is 18.0 Å². The molecule has 2 fully saturated rings. The zero-order valence-corrected chi connectivity index (χ0v) is 28.1. The van der Waals surface area contributed by atoms with E-state index in [0.29, 0.717) is 50.9 Å². The summed E-state index contributed by atoms with van der Waals surface area (Å²) in [5.74, 6) is 0.851. The van der Waals surface area contributed by atoms with Crippen LogP contribution < -0.4 is 14.5 Å². The first-order valence-electron chi connectivity index (χ1n) is 14.3. The van der Waals surface area contributed by atoms with Gasteiger partial charge in [-0.05, 0) is 54.7 Å². The number of nitrogens with zero attached hydrogens (tertiary/aromatic N) is 2. The van der Waals surface area contributed by atoms with E-state index in [1.54, 1.807) is 57.9 Å². The van der Waals surface area contributed by atoms with Crippen molar-refractivity contribution in [1.82, 2.24) is 9.21 Å². The molecule has 45 heavy (non-hydrogen) atoms. The lowest BCUT2D eigenvalue weighted by molar-refractivity contribution is -0.377. The van der Waals surface area contributed by atoms with Crippen LogP contribution in [-0.2, 0) is 26.0 Å². The molecule has 1 saturated carbocycles. The number of methoxy groups -OCH3 is 1. The van der Waals surface area contributed by atoms with Gasteiger partial charge in [-0.15, -0.1) is 11.8 Å². The number of carbonyl (C=O) groups excluding carboxylic acids is 2. The number of aromatic amines is 1. The van der Waals surface area contributed by atoms with Crippen LogP contribution in [0.3, 0.4) is 0 Å². The number of pyridine rings is 1. The summed E-state index contributed by atoms with van der Waals surface area (Å²) in [5, 5.41) is -0.438. The van der Waals surface area contributed by atoms with E-state index >= 15 is 0 Å². The monoisotopic (exact) mass is 694 g/mol. The van der Waals surface area contributed by atoms with Crippen LogP contribution in [0.15, 0.2) is 59.8 Å². The molecule has 14 heteroatoms. The van der Waals surface area contributed by atoms with Gasteiger partial charge in [0, 0.05) is 43.9 Å². The molecule has 10 nitrogen and oxygen atoms in total. The Morgan fingerprint density at radius 3 is 2.49 bits per heavy atom. The van der Waals surface area contributed by atoms with Crippen molar-refractivity contribution in [2.24, 2.45) is 5.92 Å². The highest BCUT2D eigenvalue weighted by Gasteiger charge is 2.42. The Labute approximate surface area is 277 Å². The van der Waals surface area contributed by atoms with Crippen molar-refractivity contribution in [3.63, 3.8) is 0 Å². The minimum absolute atomic E-state index is 0.0845. The van der Waals surface area contributed by atoms with E-state index in [1.165, 1.54) is 34.9 Å². The van der Waals surface area contributed by atoms with E-state index in [1.807, 2.05) is 0 Å². The third-order valence-corrected chi connectivity index (χ3v) is 11.4. The molecule has 1 aliphatic carbocycles. The van der Waals surface area contributed by atoms with Gasteiger partial charge in [0.15, 0.2) is 29.3 Å². The van der Waals surface area contributed by atoms with Crippen LogP contribution in [0.2, 0.25) is 10.0 Å². The fourth-order valence-corrected chi connectivity index (χ4v) is 8.48. The van der Waals surface area contributed by atoms with E-state index < -0.39 is 27.5 Å². The van der Waals surface area contributed by atoms with Crippen LogP contribution in [0.1, 0.15) is 40.4 Å². The van der Waals surface area contributed by atoms with Gasteiger partial charge in [0.05, 0.1) is 18.6 Å². The molecular weight excluding hydrogens is 661 g/mol. The molecule has 0 radical (unpaired) electrons. The summed E-state index contributed by atoms with van der Waals surface area (Å²) in [6, 6.07) is 11.1. The smallest absolute Gasteiger partial charge is 0.335 e. The number of amides is 1. The highest BCUT2D eigenvalue weighted by atomic mass is 35.5. The normalized spacial score (nSPS) is 17.5. The molecule has 2 aromatic carbocycles. The van der Waals surface area contributed by atoms with Crippen LogP contribution in [0.25, 0.3) is 0 Å². The lowest BCUT2D eigenvalue weighted by Crippen LogP contribution is -2.40. The zero-order valence-electron chi connectivity index (χ0n) is 25.0. The van der Waals surface area contributed by atoms with Crippen LogP contribution in [0.4, 0.5) is 0 Å². The standard InChI is InChI=1S/C31H33Cl2N3O7S2/c1-35(2)29(37)21-5-4-6-22(13-21)45(39,40)36-11-12-44-30(36)31(38)43-27(15-23-24(32)16-34-17-25(23)33)20-9-10-26(41-3)28(14-20)42-18-19-7-8-19/h4-6,9-10,13-14,16-17,19,27,30H,7-8,11-12,15,18H2,1-3H3/p+1/t27?,30-/m0/s1. The molecular formula is C31H34Cl2N3O7S2+. The Hall–Kier alpha value is -3.03. The number of sulfonamides is 1. The number of hydrogen-bond donors (Lipinski definition) is 0. The van der Waals surface area contributed by atoms with E-state index in [4.69, 9.17) is 37.4 Å². The van der Waals surface area contributed by atoms with Gasteiger partial charge in [-0.2, -0.15) is 4.31 Å². The fraction of sp³-hybridized carbons (Fsp3) is 0.387. The maximum Gasteiger partial charge on any atom is 0.335 e. The molecule has 1 aliphatic heterocycles. The summed E-state index contributed by atoms with van der Waals surface area (Å²) in [4.78, 5) is 30.5. The molecule has 2 heterocycles. The van der Waals surface area contributed by atoms with Crippen molar-refractivity contribution in [2.45, 2.75) is 35.6 Å². The molecule has 1 saturated heterocycles. The number of aromatic nitrogens is 1. The predicted molar refractivity (Wildman–Crippen MR) is 171 cm³/mol. The first-order chi connectivity index (χ1) is 21.5. The number of esters is 1. The van der Waals surface area contributed by atoms with Crippen LogP contribution >= 0.6 is 35.0 Å². The Balaban J connectivity index is 1.44. The van der Waals surface area contributed by atoms with Gasteiger partial charge in [-0.3, -0.25) is 4.79 Å². The molecule has 240 valence electrons. The van der Waals surface area contributed by atoms with Gasteiger partial charge in [-0.1, -0.05) is 35.3 Å². The van der Waals surface area contributed by atoms with Crippen molar-refractivity contribution in [3.05, 3.63) is 81.6 Å². The number of H-pyrrole nitrogens is 1. The molecule has 1 amide bonds. The maximum atomic E-state index is 13.8. The minimum atomic E-state index is -4.15. The Morgan fingerprint density at radius 1 is 1.09 bits per heavy atom. The number of thioether (sulfide) groups is 1. The second kappa shape index (κ2) is 14.2. The van der Waals surface area contributed by atoms with E-state index in [2.05, 4.69) is 4.98 Å². The first-order valence-corrected chi connectivity index (χ1v) is 17.5. The summed E-state index contributed by atoms with van der Waals surface area (Å²) >= 11 is 14.1. The lowest BCUT2D eigenvalue weighted by Gasteiger charge is -2.26. The average molecular weight is 696 g/mol. The van der Waals surface area contributed by atoms with Gasteiger partial charge in [0.2, 0.25) is 10.0 Å². The third-order valence-electron chi connectivity index (χ3n) is 7.52. The topological polar surface area (TPSA) is 117 Å². The Kier molecular flexibility index (Phi) is 10.5. The molecule has 0 spiro atoms. The highest BCUT2D eigenvalue weighted by Crippen LogP contribution is 2.38. The largest absolute Gasteiger partial charge is 0.493 e. The third kappa shape index (κ3) is 7.69. The van der Waals surface area contributed by atoms with Gasteiger partial charge in [-0.25, -0.2) is 18.2 Å². The second-order valence-corrected chi connectivity index (χ2v) is 14.9. The van der Waals surface area contributed by atoms with Gasteiger partial charge in [0.1, 0.15) is 16.1 Å². The SMILES string of the molecule is COc1ccc(C(Cc2c(Cl)c[nH+]cc2Cl)OC(=O)[C@@H]2SCCN2S(=O)(=O)c2cccc(C(=O)N(C)C)c2)cc1OCC1CC1. The summed E-state index contributed by atoms with van der Waals surface area (Å²) in [7, 11) is 0.567. The van der Waals surface area contributed by atoms with Gasteiger partial charge < -0.3 is 19.1 Å².